The third-order valence-corrected chi connectivity index (χ3v) is 7.84. The number of pyridine rings is 3. The van der Waals surface area contributed by atoms with Gasteiger partial charge in [0.15, 0.2) is 0 Å². The summed E-state index contributed by atoms with van der Waals surface area (Å²) in [5.74, 6) is 0.563. The minimum Gasteiger partial charge on any atom is -0.371 e. The molecular formula is C29H30N8. The van der Waals surface area contributed by atoms with Gasteiger partial charge in [0.25, 0.3) is 0 Å². The number of rotatable bonds is 6. The highest BCUT2D eigenvalue weighted by Gasteiger charge is 2.21. The summed E-state index contributed by atoms with van der Waals surface area (Å²) in [5, 5.41) is 13.4. The standard InChI is InChI=1S/C29H30N8/c1-18(19-6-5-7-19)33-21-12-20(15-30-16-21)24-13-22-26(17-32-24)35-36-28(22)25-14-23-27(8-9-31-29(23)34-25)37-10-3-2-4-11-37/h8-9,12-17,19,33H,1-7,10-11H2,(H,31,34)(H,35,36). The van der Waals surface area contributed by atoms with Gasteiger partial charge in [-0.1, -0.05) is 13.0 Å². The van der Waals surface area contributed by atoms with E-state index in [1.165, 1.54) is 44.2 Å². The Morgan fingerprint density at radius 1 is 0.973 bits per heavy atom. The van der Waals surface area contributed by atoms with Crippen LogP contribution in [0.5, 0.6) is 0 Å². The molecule has 2 fully saturated rings. The Morgan fingerprint density at radius 2 is 1.86 bits per heavy atom. The molecule has 6 heterocycles. The predicted molar refractivity (Wildman–Crippen MR) is 148 cm³/mol. The quantitative estimate of drug-likeness (QED) is 0.259. The number of anilines is 2. The van der Waals surface area contributed by atoms with Crippen molar-refractivity contribution in [2.24, 2.45) is 5.92 Å². The van der Waals surface area contributed by atoms with Gasteiger partial charge in [-0.15, -0.1) is 0 Å². The van der Waals surface area contributed by atoms with Gasteiger partial charge < -0.3 is 15.2 Å². The average Bonchev–Trinajstić information content (AvgIpc) is 3.52. The summed E-state index contributed by atoms with van der Waals surface area (Å²) < 4.78 is 0. The number of fused-ring (bicyclic) bond motifs is 2. The van der Waals surface area contributed by atoms with Crippen LogP contribution in [-0.4, -0.2) is 43.2 Å². The van der Waals surface area contributed by atoms with Crippen LogP contribution in [0.3, 0.4) is 0 Å². The highest BCUT2D eigenvalue weighted by molar-refractivity contribution is 5.99. The second-order valence-electron chi connectivity index (χ2n) is 10.3. The fraction of sp³-hybridized carbons (Fsp3) is 0.310. The third kappa shape index (κ3) is 4.02. The second-order valence-corrected chi connectivity index (χ2v) is 10.3. The Kier molecular flexibility index (Phi) is 5.38. The van der Waals surface area contributed by atoms with Crippen molar-refractivity contribution in [1.29, 1.82) is 0 Å². The van der Waals surface area contributed by atoms with Gasteiger partial charge in [-0.25, -0.2) is 4.98 Å². The average molecular weight is 491 g/mol. The molecule has 0 radical (unpaired) electrons. The number of aromatic nitrogens is 6. The van der Waals surface area contributed by atoms with Crippen LogP contribution in [0.1, 0.15) is 38.5 Å². The molecule has 0 unspecified atom stereocenters. The number of piperidine rings is 1. The van der Waals surface area contributed by atoms with Crippen molar-refractivity contribution in [1.82, 2.24) is 30.1 Å². The van der Waals surface area contributed by atoms with E-state index >= 15 is 0 Å². The molecule has 0 spiro atoms. The van der Waals surface area contributed by atoms with Crippen molar-refractivity contribution in [3.8, 4) is 22.6 Å². The Bertz CT molecular complexity index is 1600. The second kappa shape index (κ2) is 9.03. The normalized spacial score (nSPS) is 16.3. The van der Waals surface area contributed by atoms with Gasteiger partial charge in [0.1, 0.15) is 11.3 Å². The number of nitrogens with zero attached hydrogens (tertiary/aromatic N) is 5. The van der Waals surface area contributed by atoms with Gasteiger partial charge in [-0.2, -0.15) is 5.10 Å². The van der Waals surface area contributed by atoms with Crippen molar-refractivity contribution in [3.63, 3.8) is 0 Å². The number of H-pyrrole nitrogens is 2. The van der Waals surface area contributed by atoms with Gasteiger partial charge in [-0.05, 0) is 62.3 Å². The van der Waals surface area contributed by atoms with E-state index < -0.39 is 0 Å². The Labute approximate surface area is 215 Å². The summed E-state index contributed by atoms with van der Waals surface area (Å²) in [6.45, 7) is 6.42. The zero-order valence-corrected chi connectivity index (χ0v) is 20.8. The maximum Gasteiger partial charge on any atom is 0.139 e. The Balaban J connectivity index is 1.23. The van der Waals surface area contributed by atoms with Crippen LogP contribution >= 0.6 is 0 Å². The summed E-state index contributed by atoms with van der Waals surface area (Å²) in [7, 11) is 0. The monoisotopic (exact) mass is 490 g/mol. The number of hydrogen-bond acceptors (Lipinski definition) is 6. The highest BCUT2D eigenvalue weighted by Crippen LogP contribution is 2.35. The smallest absolute Gasteiger partial charge is 0.139 e. The SMILES string of the molecule is C=C(Nc1cncc(-c2cc3c(-c4cc5c(N6CCCCC6)ccnc5[nH]4)n[nH]c3cn2)c1)C1CCC1. The lowest BCUT2D eigenvalue weighted by atomic mass is 9.83. The summed E-state index contributed by atoms with van der Waals surface area (Å²) in [5.41, 5.74) is 8.64. The minimum absolute atomic E-state index is 0.563. The minimum atomic E-state index is 0.563. The van der Waals surface area contributed by atoms with Gasteiger partial charge in [0.2, 0.25) is 0 Å². The third-order valence-electron chi connectivity index (χ3n) is 7.84. The zero-order chi connectivity index (χ0) is 24.8. The molecule has 1 aliphatic carbocycles. The lowest BCUT2D eigenvalue weighted by molar-refractivity contribution is 0.371. The molecule has 7 rings (SSSR count). The van der Waals surface area contributed by atoms with E-state index in [0.717, 1.165) is 69.1 Å². The molecule has 8 nitrogen and oxygen atoms in total. The van der Waals surface area contributed by atoms with Crippen molar-refractivity contribution in [2.75, 3.05) is 23.3 Å². The highest BCUT2D eigenvalue weighted by atomic mass is 15.1. The summed E-state index contributed by atoms with van der Waals surface area (Å²) in [6, 6.07) is 8.48. The molecule has 5 aromatic rings. The van der Waals surface area contributed by atoms with Crippen LogP contribution in [0, 0.1) is 5.92 Å². The fourth-order valence-electron chi connectivity index (χ4n) is 5.52. The Morgan fingerprint density at radius 3 is 2.70 bits per heavy atom. The Hall–Kier alpha value is -4.20. The van der Waals surface area contributed by atoms with Gasteiger partial charge in [0, 0.05) is 53.2 Å². The zero-order valence-electron chi connectivity index (χ0n) is 20.8. The topological polar surface area (TPSA) is 98.4 Å². The van der Waals surface area contributed by atoms with Gasteiger partial charge in [-0.3, -0.25) is 15.1 Å². The van der Waals surface area contributed by atoms with E-state index in [1.807, 2.05) is 24.8 Å². The molecule has 0 amide bonds. The van der Waals surface area contributed by atoms with Crippen LogP contribution in [0.25, 0.3) is 44.6 Å². The maximum atomic E-state index is 4.69. The molecule has 5 aromatic heterocycles. The molecule has 0 bridgehead atoms. The summed E-state index contributed by atoms with van der Waals surface area (Å²) >= 11 is 0. The molecule has 0 aromatic carbocycles. The first-order chi connectivity index (χ1) is 18.2. The fourth-order valence-corrected chi connectivity index (χ4v) is 5.52. The largest absolute Gasteiger partial charge is 0.371 e. The lowest BCUT2D eigenvalue weighted by Gasteiger charge is -2.29. The van der Waals surface area contributed by atoms with Crippen LogP contribution in [0.4, 0.5) is 11.4 Å². The molecule has 186 valence electrons. The molecule has 1 aliphatic heterocycles. The van der Waals surface area contributed by atoms with Crippen molar-refractivity contribution >= 4 is 33.3 Å². The van der Waals surface area contributed by atoms with Crippen LogP contribution in [-0.2, 0) is 0 Å². The maximum absolute atomic E-state index is 4.69. The summed E-state index contributed by atoms with van der Waals surface area (Å²) in [6.07, 6.45) is 14.9. The molecule has 1 saturated heterocycles. The van der Waals surface area contributed by atoms with E-state index in [9.17, 15) is 0 Å². The van der Waals surface area contributed by atoms with Crippen LogP contribution in [0.15, 0.2) is 61.3 Å². The van der Waals surface area contributed by atoms with E-state index in [4.69, 9.17) is 4.98 Å². The van der Waals surface area contributed by atoms with E-state index in [2.05, 4.69) is 66.2 Å². The first-order valence-corrected chi connectivity index (χ1v) is 13.2. The number of allylic oxidation sites excluding steroid dienone is 1. The molecule has 8 heteroatoms. The summed E-state index contributed by atoms with van der Waals surface area (Å²) in [4.78, 5) is 19.8. The van der Waals surface area contributed by atoms with Gasteiger partial charge >= 0.3 is 0 Å². The van der Waals surface area contributed by atoms with E-state index in [-0.39, 0.29) is 0 Å². The van der Waals surface area contributed by atoms with Crippen molar-refractivity contribution in [2.45, 2.75) is 38.5 Å². The van der Waals surface area contributed by atoms with Crippen LogP contribution < -0.4 is 10.2 Å². The predicted octanol–water partition coefficient (Wildman–Crippen LogP) is 6.28. The lowest BCUT2D eigenvalue weighted by Crippen LogP contribution is -2.29. The molecular weight excluding hydrogens is 460 g/mol. The van der Waals surface area contributed by atoms with Crippen molar-refractivity contribution in [3.05, 3.63) is 61.3 Å². The van der Waals surface area contributed by atoms with Gasteiger partial charge in [0.05, 0.1) is 35.0 Å². The molecule has 1 saturated carbocycles. The van der Waals surface area contributed by atoms with E-state index in [1.54, 1.807) is 0 Å². The first kappa shape index (κ1) is 22.0. The molecule has 0 atom stereocenters. The first-order valence-electron chi connectivity index (χ1n) is 13.2. The van der Waals surface area contributed by atoms with Crippen LogP contribution in [0.2, 0.25) is 0 Å². The van der Waals surface area contributed by atoms with E-state index in [0.29, 0.717) is 5.92 Å². The molecule has 2 aliphatic rings. The number of aromatic amines is 2. The van der Waals surface area contributed by atoms with Crippen molar-refractivity contribution < 1.29 is 0 Å². The number of nitrogens with one attached hydrogen (secondary N) is 3. The molecule has 37 heavy (non-hydrogen) atoms. The number of hydrogen-bond donors (Lipinski definition) is 3. The molecule has 3 N–H and O–H groups in total.